The summed E-state index contributed by atoms with van der Waals surface area (Å²) < 4.78 is 0.561. The van der Waals surface area contributed by atoms with E-state index in [4.69, 9.17) is 0 Å². The summed E-state index contributed by atoms with van der Waals surface area (Å²) in [4.78, 5) is 0. The van der Waals surface area contributed by atoms with Crippen molar-refractivity contribution in [1.82, 2.24) is 0 Å². The normalized spacial score (nSPS) is 16.1. The second kappa shape index (κ2) is 5.82. The van der Waals surface area contributed by atoms with Gasteiger partial charge in [0.2, 0.25) is 0 Å². The van der Waals surface area contributed by atoms with Gasteiger partial charge in [-0.3, -0.25) is 0 Å². The molecule has 1 unspecified atom stereocenters. The van der Waals surface area contributed by atoms with E-state index in [0.29, 0.717) is 3.63 Å². The fraction of sp³-hybridized carbons (Fsp3) is 0.0476. The van der Waals surface area contributed by atoms with Crippen LogP contribution in [-0.2, 0) is 24.7 Å². The van der Waals surface area contributed by atoms with Crippen molar-refractivity contribution < 1.29 is 24.7 Å². The zero-order valence-corrected chi connectivity index (χ0v) is 14.6. The summed E-state index contributed by atoms with van der Waals surface area (Å²) in [6.45, 7) is 0. The summed E-state index contributed by atoms with van der Waals surface area (Å²) in [7, 11) is 0. The standard InChI is InChI=1S/C21H15.Zr/c1-2-6-16(7-3-1)17-10-12-18(13-11-17)21-14-19-8-4-5-9-20(19)15-21;/h1-15H;. The van der Waals surface area contributed by atoms with Crippen molar-refractivity contribution in [2.24, 2.45) is 0 Å². The van der Waals surface area contributed by atoms with Crippen molar-refractivity contribution in [3.8, 4) is 11.1 Å². The van der Waals surface area contributed by atoms with Crippen LogP contribution in [0.5, 0.6) is 0 Å². The van der Waals surface area contributed by atoms with Crippen molar-refractivity contribution in [3.05, 3.63) is 95.6 Å². The third kappa shape index (κ3) is 2.44. The second-order valence-corrected chi connectivity index (χ2v) is 7.02. The van der Waals surface area contributed by atoms with E-state index in [1.807, 2.05) is 0 Å². The molecule has 3 aromatic carbocycles. The number of allylic oxidation sites excluding steroid dienone is 1. The van der Waals surface area contributed by atoms with Gasteiger partial charge in [-0.25, -0.2) is 0 Å². The number of fused-ring (bicyclic) bond motifs is 1. The van der Waals surface area contributed by atoms with E-state index < -0.39 is 0 Å². The van der Waals surface area contributed by atoms with Crippen molar-refractivity contribution in [1.29, 1.82) is 0 Å². The Morgan fingerprint density at radius 2 is 1.18 bits per heavy atom. The van der Waals surface area contributed by atoms with Gasteiger partial charge < -0.3 is 0 Å². The minimum absolute atomic E-state index is 0.561. The molecule has 22 heavy (non-hydrogen) atoms. The fourth-order valence-electron chi connectivity index (χ4n) is 3.06. The van der Waals surface area contributed by atoms with Gasteiger partial charge in [0.15, 0.2) is 0 Å². The third-order valence-corrected chi connectivity index (χ3v) is 5.78. The maximum absolute atomic E-state index is 2.35. The predicted octanol–water partition coefficient (Wildman–Crippen LogP) is 5.50. The maximum atomic E-state index is 2.35. The van der Waals surface area contributed by atoms with Gasteiger partial charge in [-0.1, -0.05) is 0 Å². The van der Waals surface area contributed by atoms with Crippen LogP contribution < -0.4 is 0 Å². The van der Waals surface area contributed by atoms with Crippen LogP contribution in [-0.4, -0.2) is 0 Å². The van der Waals surface area contributed by atoms with Crippen LogP contribution in [0.4, 0.5) is 0 Å². The third-order valence-electron chi connectivity index (χ3n) is 4.25. The van der Waals surface area contributed by atoms with E-state index >= 15 is 0 Å². The van der Waals surface area contributed by atoms with Crippen molar-refractivity contribution >= 4 is 11.6 Å². The Morgan fingerprint density at radius 3 is 1.91 bits per heavy atom. The number of benzene rings is 3. The number of hydrogen-bond acceptors (Lipinski definition) is 0. The van der Waals surface area contributed by atoms with Crippen LogP contribution in [0.2, 0.25) is 0 Å². The molecule has 1 aliphatic carbocycles. The van der Waals surface area contributed by atoms with E-state index in [9.17, 15) is 0 Å². The summed E-state index contributed by atoms with van der Waals surface area (Å²) >= 11 is 1.55. The van der Waals surface area contributed by atoms with E-state index in [-0.39, 0.29) is 0 Å². The van der Waals surface area contributed by atoms with E-state index in [1.165, 1.54) is 33.4 Å². The SMILES string of the molecule is [Zr][CH]1C(c2ccc(-c3ccccc3)cc2)=Cc2ccccc21. The Balaban J connectivity index is 1.68. The summed E-state index contributed by atoms with van der Waals surface area (Å²) in [5.41, 5.74) is 8.21. The molecule has 0 aromatic heterocycles. The summed E-state index contributed by atoms with van der Waals surface area (Å²) in [6, 6.07) is 28.3. The van der Waals surface area contributed by atoms with Crippen LogP contribution >= 0.6 is 0 Å². The van der Waals surface area contributed by atoms with Gasteiger partial charge >= 0.3 is 147 Å². The first-order valence-electron chi connectivity index (χ1n) is 7.50. The molecule has 103 valence electrons. The predicted molar refractivity (Wildman–Crippen MR) is 88.9 cm³/mol. The molecule has 0 aliphatic heterocycles. The van der Waals surface area contributed by atoms with Gasteiger partial charge in [0, 0.05) is 0 Å². The average Bonchev–Trinajstić information content (AvgIpc) is 2.93. The molecule has 0 saturated heterocycles. The monoisotopic (exact) mass is 357 g/mol. The molecule has 0 radical (unpaired) electrons. The molecule has 0 bridgehead atoms. The number of hydrogen-bond donors (Lipinski definition) is 0. The zero-order valence-electron chi connectivity index (χ0n) is 12.2. The molecule has 0 heterocycles. The molecule has 1 heteroatoms. The van der Waals surface area contributed by atoms with Gasteiger partial charge in [0.1, 0.15) is 0 Å². The van der Waals surface area contributed by atoms with Gasteiger partial charge in [-0.05, 0) is 0 Å². The van der Waals surface area contributed by atoms with E-state index in [1.54, 1.807) is 24.7 Å². The first kappa shape index (κ1) is 13.9. The van der Waals surface area contributed by atoms with Crippen molar-refractivity contribution in [2.75, 3.05) is 0 Å². The first-order valence-corrected chi connectivity index (χ1v) is 8.92. The van der Waals surface area contributed by atoms with Crippen LogP contribution in [0.3, 0.4) is 0 Å². The molecule has 0 nitrogen and oxygen atoms in total. The second-order valence-electron chi connectivity index (χ2n) is 5.60. The molecule has 1 atom stereocenters. The number of rotatable bonds is 2. The molecule has 0 spiro atoms. The molecular formula is C21H15Zr. The van der Waals surface area contributed by atoms with Crippen LogP contribution in [0.15, 0.2) is 78.9 Å². The molecular weight excluding hydrogens is 343 g/mol. The molecule has 3 aromatic rings. The molecule has 4 rings (SSSR count). The van der Waals surface area contributed by atoms with Gasteiger partial charge in [0.25, 0.3) is 0 Å². The van der Waals surface area contributed by atoms with E-state index in [2.05, 4.69) is 84.9 Å². The Kier molecular flexibility index (Phi) is 3.68. The Labute approximate surface area is 146 Å². The van der Waals surface area contributed by atoms with Crippen molar-refractivity contribution in [3.63, 3.8) is 0 Å². The van der Waals surface area contributed by atoms with Gasteiger partial charge in [0.05, 0.1) is 0 Å². The topological polar surface area (TPSA) is 0 Å². The van der Waals surface area contributed by atoms with Crippen LogP contribution in [0, 0.1) is 0 Å². The Bertz CT molecular complexity index is 829. The molecule has 0 fully saturated rings. The average molecular weight is 359 g/mol. The van der Waals surface area contributed by atoms with Crippen molar-refractivity contribution in [2.45, 2.75) is 3.63 Å². The van der Waals surface area contributed by atoms with Gasteiger partial charge in [-0.2, -0.15) is 0 Å². The quantitative estimate of drug-likeness (QED) is 0.568. The Hall–Kier alpha value is -1.72. The summed E-state index contributed by atoms with van der Waals surface area (Å²) in [5.74, 6) is 0. The minimum atomic E-state index is 0.561. The zero-order chi connectivity index (χ0) is 14.9. The molecule has 0 N–H and O–H groups in total. The molecule has 1 aliphatic rings. The summed E-state index contributed by atoms with van der Waals surface area (Å²) in [5, 5.41) is 0. The van der Waals surface area contributed by atoms with E-state index in [0.717, 1.165) is 0 Å². The van der Waals surface area contributed by atoms with Gasteiger partial charge in [-0.15, -0.1) is 0 Å². The molecule has 0 amide bonds. The Morgan fingerprint density at radius 1 is 0.591 bits per heavy atom. The molecule has 0 saturated carbocycles. The van der Waals surface area contributed by atoms with Crippen LogP contribution in [0.25, 0.3) is 22.8 Å². The van der Waals surface area contributed by atoms with Crippen LogP contribution in [0.1, 0.15) is 20.3 Å². The first-order chi connectivity index (χ1) is 10.8. The fourth-order valence-corrected chi connectivity index (χ4v) is 4.32. The summed E-state index contributed by atoms with van der Waals surface area (Å²) in [6.07, 6.45) is 2.35.